The third-order valence-corrected chi connectivity index (χ3v) is 4.00. The summed E-state index contributed by atoms with van der Waals surface area (Å²) in [6.07, 6.45) is 3.03. The van der Waals surface area contributed by atoms with Crippen LogP contribution in [0, 0.1) is 10.1 Å². The number of hydrogen-bond acceptors (Lipinski definition) is 5. The number of non-ortho nitro benzene ring substituents is 1. The zero-order valence-corrected chi connectivity index (χ0v) is 13.6. The molecule has 7 nitrogen and oxygen atoms in total. The van der Waals surface area contributed by atoms with Crippen LogP contribution in [0.25, 0.3) is 5.69 Å². The molecule has 0 saturated carbocycles. The van der Waals surface area contributed by atoms with Crippen molar-refractivity contribution >= 4 is 23.1 Å². The summed E-state index contributed by atoms with van der Waals surface area (Å²) < 4.78 is 1.51. The smallest absolute Gasteiger partial charge is 0.270 e. The van der Waals surface area contributed by atoms with Crippen molar-refractivity contribution in [2.75, 3.05) is 0 Å². The van der Waals surface area contributed by atoms with Crippen molar-refractivity contribution in [3.63, 3.8) is 0 Å². The fourth-order valence-corrected chi connectivity index (χ4v) is 2.71. The molecule has 1 N–H and O–H groups in total. The number of aromatic nitrogens is 2. The molecule has 0 aliphatic heterocycles. The molecule has 0 fully saturated rings. The van der Waals surface area contributed by atoms with Crippen molar-refractivity contribution in [3.8, 4) is 5.69 Å². The van der Waals surface area contributed by atoms with E-state index >= 15 is 0 Å². The summed E-state index contributed by atoms with van der Waals surface area (Å²) in [5, 5.41) is 20.8. The average molecular weight is 358 g/mol. The molecule has 0 atom stereocenters. The van der Waals surface area contributed by atoms with Crippen LogP contribution in [0.4, 0.5) is 5.69 Å². The van der Waals surface area contributed by atoms with Crippen molar-refractivity contribution in [1.82, 2.24) is 9.55 Å². The van der Waals surface area contributed by atoms with Crippen LogP contribution in [0.3, 0.4) is 0 Å². The maximum absolute atomic E-state index is 13.0. The normalized spacial score (nSPS) is 10.6. The standard InChI is InChI=1S/C17H12ClN3O4/c18-14-4-2-1-3-12(14)17(23)13-9-11(21(24)25)5-6-15(13)20-8-7-19-16(20)10-22/h1-9,22H,10H2. The van der Waals surface area contributed by atoms with E-state index in [0.717, 1.165) is 0 Å². The molecule has 126 valence electrons. The third-order valence-electron chi connectivity index (χ3n) is 3.67. The molecule has 0 saturated heterocycles. The third kappa shape index (κ3) is 3.15. The molecule has 0 spiro atoms. The summed E-state index contributed by atoms with van der Waals surface area (Å²) in [6, 6.07) is 10.4. The van der Waals surface area contributed by atoms with Crippen LogP contribution >= 0.6 is 11.6 Å². The Morgan fingerprint density at radius 3 is 2.68 bits per heavy atom. The van der Waals surface area contributed by atoms with Crippen LogP contribution in [0.5, 0.6) is 0 Å². The van der Waals surface area contributed by atoms with Crippen LogP contribution in [0.15, 0.2) is 54.9 Å². The number of carbonyl (C=O) groups excluding carboxylic acids is 1. The zero-order valence-electron chi connectivity index (χ0n) is 12.8. The number of rotatable bonds is 5. The number of nitrogens with zero attached hydrogens (tertiary/aromatic N) is 3. The molecule has 1 heterocycles. The summed E-state index contributed by atoms with van der Waals surface area (Å²) in [6.45, 7) is -0.344. The van der Waals surface area contributed by atoms with Gasteiger partial charge < -0.3 is 9.67 Å². The van der Waals surface area contributed by atoms with Gasteiger partial charge in [0.2, 0.25) is 0 Å². The Kier molecular flexibility index (Phi) is 4.60. The van der Waals surface area contributed by atoms with Gasteiger partial charge in [-0.25, -0.2) is 4.98 Å². The Labute approximate surface area is 147 Å². The second-order valence-corrected chi connectivity index (χ2v) is 5.55. The zero-order chi connectivity index (χ0) is 18.0. The van der Waals surface area contributed by atoms with Crippen molar-refractivity contribution in [2.24, 2.45) is 0 Å². The van der Waals surface area contributed by atoms with Crippen molar-refractivity contribution in [3.05, 3.63) is 86.9 Å². The van der Waals surface area contributed by atoms with Gasteiger partial charge in [0, 0.05) is 30.1 Å². The monoisotopic (exact) mass is 357 g/mol. The van der Waals surface area contributed by atoms with Crippen molar-refractivity contribution in [1.29, 1.82) is 0 Å². The molecule has 0 radical (unpaired) electrons. The lowest BCUT2D eigenvalue weighted by atomic mass is 10.0. The molecule has 2 aromatic carbocycles. The van der Waals surface area contributed by atoms with Crippen LogP contribution in [0.1, 0.15) is 21.7 Å². The SMILES string of the molecule is O=C(c1ccccc1Cl)c1cc([N+](=O)[O-])ccc1-n1ccnc1CO. The van der Waals surface area contributed by atoms with Gasteiger partial charge in [0.05, 0.1) is 21.2 Å². The van der Waals surface area contributed by atoms with Gasteiger partial charge in [-0.3, -0.25) is 14.9 Å². The largest absolute Gasteiger partial charge is 0.388 e. The molecule has 0 amide bonds. The molecule has 1 aromatic heterocycles. The quantitative estimate of drug-likeness (QED) is 0.429. The number of aliphatic hydroxyl groups excluding tert-OH is 1. The van der Waals surface area contributed by atoms with Gasteiger partial charge in [0.15, 0.2) is 5.78 Å². The number of nitro groups is 1. The van der Waals surface area contributed by atoms with E-state index in [-0.39, 0.29) is 28.4 Å². The van der Waals surface area contributed by atoms with E-state index in [1.54, 1.807) is 30.5 Å². The highest BCUT2D eigenvalue weighted by atomic mass is 35.5. The molecule has 0 bridgehead atoms. The number of aliphatic hydroxyl groups is 1. The lowest BCUT2D eigenvalue weighted by molar-refractivity contribution is -0.384. The van der Waals surface area contributed by atoms with Crippen LogP contribution < -0.4 is 0 Å². The number of halogens is 1. The van der Waals surface area contributed by atoms with Gasteiger partial charge in [0.25, 0.3) is 5.69 Å². The van der Waals surface area contributed by atoms with E-state index in [0.29, 0.717) is 11.5 Å². The highest BCUT2D eigenvalue weighted by Gasteiger charge is 2.21. The Morgan fingerprint density at radius 2 is 2.00 bits per heavy atom. The van der Waals surface area contributed by atoms with Crippen molar-refractivity contribution in [2.45, 2.75) is 6.61 Å². The minimum atomic E-state index is -0.575. The topological polar surface area (TPSA) is 98.3 Å². The minimum absolute atomic E-state index is 0.0926. The van der Waals surface area contributed by atoms with E-state index in [1.165, 1.54) is 29.0 Å². The van der Waals surface area contributed by atoms with Crippen LogP contribution in [-0.2, 0) is 6.61 Å². The van der Waals surface area contributed by atoms with Crippen molar-refractivity contribution < 1.29 is 14.8 Å². The number of nitro benzene ring substituents is 1. The number of hydrogen-bond donors (Lipinski definition) is 1. The Hall–Kier alpha value is -3.03. The lowest BCUT2D eigenvalue weighted by Crippen LogP contribution is -2.10. The number of carbonyl (C=O) groups is 1. The summed E-state index contributed by atoms with van der Waals surface area (Å²) in [5.74, 6) is -0.149. The fraction of sp³-hybridized carbons (Fsp3) is 0.0588. The molecule has 3 aromatic rings. The maximum Gasteiger partial charge on any atom is 0.270 e. The molecule has 0 aliphatic carbocycles. The summed E-state index contributed by atoms with van der Waals surface area (Å²) >= 11 is 6.09. The fourth-order valence-electron chi connectivity index (χ4n) is 2.49. The van der Waals surface area contributed by atoms with Gasteiger partial charge >= 0.3 is 0 Å². The van der Waals surface area contributed by atoms with E-state index in [4.69, 9.17) is 11.6 Å². The Balaban J connectivity index is 2.22. The summed E-state index contributed by atoms with van der Waals surface area (Å²) in [4.78, 5) is 27.5. The van der Waals surface area contributed by atoms with E-state index in [1.807, 2.05) is 0 Å². The molecular weight excluding hydrogens is 346 g/mol. The lowest BCUT2D eigenvalue weighted by Gasteiger charge is -2.12. The van der Waals surface area contributed by atoms with Crippen LogP contribution in [-0.4, -0.2) is 25.4 Å². The van der Waals surface area contributed by atoms with E-state index in [9.17, 15) is 20.0 Å². The Bertz CT molecular complexity index is 968. The molecule has 0 unspecified atom stereocenters. The van der Waals surface area contributed by atoms with Gasteiger partial charge in [-0.1, -0.05) is 23.7 Å². The first-order valence-electron chi connectivity index (χ1n) is 7.24. The van der Waals surface area contributed by atoms with E-state index in [2.05, 4.69) is 4.98 Å². The maximum atomic E-state index is 13.0. The van der Waals surface area contributed by atoms with Gasteiger partial charge in [-0.15, -0.1) is 0 Å². The highest BCUT2D eigenvalue weighted by molar-refractivity contribution is 6.35. The van der Waals surface area contributed by atoms with E-state index < -0.39 is 10.7 Å². The number of imidazole rings is 1. The molecule has 25 heavy (non-hydrogen) atoms. The predicted octanol–water partition coefficient (Wildman–Crippen LogP) is 3.16. The highest BCUT2D eigenvalue weighted by Crippen LogP contribution is 2.27. The first-order valence-corrected chi connectivity index (χ1v) is 7.62. The summed E-state index contributed by atoms with van der Waals surface area (Å²) in [5.41, 5.74) is 0.480. The Morgan fingerprint density at radius 1 is 1.24 bits per heavy atom. The second-order valence-electron chi connectivity index (χ2n) is 5.14. The van der Waals surface area contributed by atoms with Gasteiger partial charge in [-0.2, -0.15) is 0 Å². The molecule has 8 heteroatoms. The molecule has 0 aliphatic rings. The van der Waals surface area contributed by atoms with Crippen LogP contribution in [0.2, 0.25) is 5.02 Å². The predicted molar refractivity (Wildman–Crippen MR) is 91.0 cm³/mol. The molecular formula is C17H12ClN3O4. The number of ketones is 1. The minimum Gasteiger partial charge on any atom is -0.388 e. The second kappa shape index (κ2) is 6.84. The average Bonchev–Trinajstić information content (AvgIpc) is 3.09. The summed E-state index contributed by atoms with van der Waals surface area (Å²) in [7, 11) is 0. The number of benzene rings is 2. The first kappa shape index (κ1) is 16.8. The van der Waals surface area contributed by atoms with Gasteiger partial charge in [0.1, 0.15) is 12.4 Å². The van der Waals surface area contributed by atoms with Gasteiger partial charge in [-0.05, 0) is 18.2 Å². The first-order chi connectivity index (χ1) is 12.0. The molecule has 3 rings (SSSR count).